The van der Waals surface area contributed by atoms with Gasteiger partial charge in [-0.25, -0.2) is 0 Å². The Morgan fingerprint density at radius 3 is 2.24 bits per heavy atom. The van der Waals surface area contributed by atoms with Gasteiger partial charge in [-0.05, 0) is 49.4 Å². The van der Waals surface area contributed by atoms with Gasteiger partial charge in [0.2, 0.25) is 5.91 Å². The highest BCUT2D eigenvalue weighted by Gasteiger charge is 2.32. The number of para-hydroxylation sites is 1. The molecule has 1 N–H and O–H groups in total. The molecule has 0 bridgehead atoms. The first-order valence-electron chi connectivity index (χ1n) is 11.6. The number of carbonyl (C=O) groups excluding carboxylic acids is 1. The first-order valence-corrected chi connectivity index (χ1v) is 18.7. The van der Waals surface area contributed by atoms with Crippen LogP contribution in [0.15, 0.2) is 77.7 Å². The van der Waals surface area contributed by atoms with E-state index in [1.807, 2.05) is 79.7 Å². The monoisotopic (exact) mass is 766 g/mol. The van der Waals surface area contributed by atoms with Gasteiger partial charge in [0.1, 0.15) is 30.2 Å². The zero-order chi connectivity index (χ0) is 28.5. The number of rotatable bonds is 7. The molecule has 0 fully saturated rings. The number of likely N-dealkylation sites (N-methyl/N-ethyl adjacent to an activating group) is 1. The first-order chi connectivity index (χ1) is 18.4. The first kappa shape index (κ1) is 34.4. The van der Waals surface area contributed by atoms with Crippen LogP contribution in [0.4, 0.5) is 5.69 Å². The second kappa shape index (κ2) is 19.5. The second-order valence-electron chi connectivity index (χ2n) is 7.95. The van der Waals surface area contributed by atoms with Crippen LogP contribution in [0, 0.1) is 6.92 Å². The maximum Gasteiger partial charge on any atom is 0.244 e. The van der Waals surface area contributed by atoms with Crippen molar-refractivity contribution >= 4 is 60.6 Å². The van der Waals surface area contributed by atoms with E-state index in [-0.39, 0.29) is 11.2 Å². The zero-order valence-corrected chi connectivity index (χ0v) is 27.7. The lowest BCUT2D eigenvalue weighted by Crippen LogP contribution is -2.33. The summed E-state index contributed by atoms with van der Waals surface area (Å²) < 4.78 is 15.6. The van der Waals surface area contributed by atoms with Gasteiger partial charge in [0.25, 0.3) is 0 Å². The number of aliphatic hydroxyl groups excluding tert-OH is 1. The third kappa shape index (κ3) is 10.5. The summed E-state index contributed by atoms with van der Waals surface area (Å²) in [4.78, 5) is 17.4. The number of thioether (sulfide) groups is 1. The summed E-state index contributed by atoms with van der Waals surface area (Å²) in [6.45, 7) is 3.09. The van der Waals surface area contributed by atoms with Crippen LogP contribution in [0.2, 0.25) is 0 Å². The molecule has 4 rings (SSSR count). The van der Waals surface area contributed by atoms with Gasteiger partial charge in [0.15, 0.2) is 0 Å². The molecule has 0 aromatic heterocycles. The number of ether oxygens (including phenoxy) is 3. The summed E-state index contributed by atoms with van der Waals surface area (Å²) in [5.41, 5.74) is 3.28. The van der Waals surface area contributed by atoms with Crippen molar-refractivity contribution in [1.29, 1.82) is 0 Å². The van der Waals surface area contributed by atoms with E-state index in [0.717, 1.165) is 34.8 Å². The Morgan fingerprint density at radius 2 is 1.58 bits per heavy atom. The highest BCUT2D eigenvalue weighted by atomic mass is 128. The number of aliphatic hydroxyl groups is 1. The van der Waals surface area contributed by atoms with E-state index in [0.29, 0.717) is 13.5 Å². The molecule has 3 aromatic rings. The molecule has 1 amide bonds. The fraction of sp³-hybridized carbons (Fsp3) is 0.321. The van der Waals surface area contributed by atoms with Gasteiger partial charge in [-0.15, -0.1) is 11.8 Å². The number of hydrogen-bond donors (Lipinski definition) is 1. The Balaban J connectivity index is 0.000000344. The molecule has 0 spiro atoms. The van der Waals surface area contributed by atoms with Crippen molar-refractivity contribution in [1.82, 2.24) is 4.90 Å². The maximum atomic E-state index is 12.5. The molecule has 10 heteroatoms. The quantitative estimate of drug-likeness (QED) is 0.211. The molecule has 7 nitrogen and oxygen atoms in total. The van der Waals surface area contributed by atoms with E-state index in [9.17, 15) is 4.79 Å². The maximum absolute atomic E-state index is 12.5. The Bertz CT molecular complexity index is 1110. The van der Waals surface area contributed by atoms with Crippen LogP contribution >= 0.6 is 49.0 Å². The minimum Gasteiger partial charge on any atom is -0.497 e. The normalized spacial score (nSPS) is 13.6. The number of aryl methyl sites for hydroxylation is 1. The van der Waals surface area contributed by atoms with Crippen LogP contribution in [0.1, 0.15) is 16.4 Å². The van der Waals surface area contributed by atoms with Crippen LogP contribution in [0.25, 0.3) is 0 Å². The number of amides is 1. The summed E-state index contributed by atoms with van der Waals surface area (Å²) in [7, 11) is 8.06. The van der Waals surface area contributed by atoms with Crippen molar-refractivity contribution in [3.05, 3.63) is 83.9 Å². The Hall–Kier alpha value is -1.58. The molecule has 0 saturated carbocycles. The fourth-order valence-electron chi connectivity index (χ4n) is 3.52. The van der Waals surface area contributed by atoms with Crippen LogP contribution < -0.4 is 14.4 Å². The summed E-state index contributed by atoms with van der Waals surface area (Å²) in [6, 6.07) is 23.7. The van der Waals surface area contributed by atoms with Crippen molar-refractivity contribution in [3.63, 3.8) is 0 Å². The Morgan fingerprint density at radius 1 is 0.947 bits per heavy atom. The van der Waals surface area contributed by atoms with E-state index in [4.69, 9.17) is 19.3 Å². The lowest BCUT2D eigenvalue weighted by Gasteiger charge is -2.31. The minimum absolute atomic E-state index is 0.138. The SMILES string of the molecule is CO.COCN(C)COc1cccc(OC)c1.Cc1ccccc1C1Sc2ccccc2N(C)C1=O.II. The molecule has 1 aliphatic heterocycles. The number of methoxy groups -OCH3 is 2. The molecule has 1 atom stereocenters. The van der Waals surface area contributed by atoms with Crippen molar-refractivity contribution < 1.29 is 24.1 Å². The summed E-state index contributed by atoms with van der Waals surface area (Å²) in [5, 5.41) is 6.86. The van der Waals surface area contributed by atoms with Gasteiger partial charge < -0.3 is 24.2 Å². The lowest BCUT2D eigenvalue weighted by molar-refractivity contribution is -0.118. The molecule has 208 valence electrons. The highest BCUT2D eigenvalue weighted by molar-refractivity contribution is 15.0. The lowest BCUT2D eigenvalue weighted by atomic mass is 10.0. The zero-order valence-electron chi connectivity index (χ0n) is 22.6. The molecule has 1 aliphatic rings. The van der Waals surface area contributed by atoms with Gasteiger partial charge in [-0.2, -0.15) is 0 Å². The van der Waals surface area contributed by atoms with Crippen LogP contribution in [-0.4, -0.2) is 64.8 Å². The molecule has 0 aliphatic carbocycles. The number of anilines is 1. The number of hydrogen-bond acceptors (Lipinski definition) is 7. The molecular formula is C28H36I2N2O5S. The molecule has 1 unspecified atom stereocenters. The number of benzene rings is 3. The summed E-state index contributed by atoms with van der Waals surface area (Å²) in [5.74, 6) is 1.73. The smallest absolute Gasteiger partial charge is 0.244 e. The van der Waals surface area contributed by atoms with E-state index < -0.39 is 0 Å². The molecule has 0 saturated heterocycles. The Labute approximate surface area is 254 Å². The van der Waals surface area contributed by atoms with E-state index in [2.05, 4.69) is 56.3 Å². The topological polar surface area (TPSA) is 71.5 Å². The summed E-state index contributed by atoms with van der Waals surface area (Å²) >= 11 is 5.88. The number of halogens is 2. The van der Waals surface area contributed by atoms with Crippen molar-refractivity contribution in [3.8, 4) is 11.5 Å². The molecule has 3 aromatic carbocycles. The highest BCUT2D eigenvalue weighted by Crippen LogP contribution is 2.46. The second-order valence-corrected chi connectivity index (χ2v) is 9.09. The third-order valence-electron chi connectivity index (χ3n) is 5.34. The molecular weight excluding hydrogens is 730 g/mol. The fourth-order valence-corrected chi connectivity index (χ4v) is 4.90. The average Bonchev–Trinajstić information content (AvgIpc) is 2.97. The van der Waals surface area contributed by atoms with Crippen LogP contribution in [0.5, 0.6) is 11.5 Å². The molecule has 38 heavy (non-hydrogen) atoms. The predicted molar refractivity (Wildman–Crippen MR) is 174 cm³/mol. The van der Waals surface area contributed by atoms with Crippen LogP contribution in [-0.2, 0) is 9.53 Å². The predicted octanol–water partition coefficient (Wildman–Crippen LogP) is 6.75. The largest absolute Gasteiger partial charge is 0.497 e. The molecule has 1 heterocycles. The molecule has 0 radical (unpaired) electrons. The van der Waals surface area contributed by atoms with Gasteiger partial charge >= 0.3 is 0 Å². The average molecular weight is 766 g/mol. The van der Waals surface area contributed by atoms with Gasteiger partial charge in [-0.3, -0.25) is 9.69 Å². The van der Waals surface area contributed by atoms with Gasteiger partial charge in [-0.1, -0.05) is 42.5 Å². The number of nitrogens with zero attached hydrogens (tertiary/aromatic N) is 2. The van der Waals surface area contributed by atoms with Crippen molar-refractivity contribution in [2.75, 3.05) is 53.8 Å². The van der Waals surface area contributed by atoms with Crippen LogP contribution in [0.3, 0.4) is 0 Å². The van der Waals surface area contributed by atoms with E-state index in [1.165, 1.54) is 5.56 Å². The van der Waals surface area contributed by atoms with E-state index >= 15 is 0 Å². The third-order valence-corrected chi connectivity index (χ3v) is 6.63. The van der Waals surface area contributed by atoms with Gasteiger partial charge in [0, 0.05) is 69.5 Å². The number of fused-ring (bicyclic) bond motifs is 1. The standard InChI is InChI=1S/C16H15NOS.C11H17NO3.CH4O.I2/c1-11-7-3-4-8-12(11)15-16(18)17(2)13-9-5-6-10-14(13)19-15;1-12(8-13-2)9-15-11-6-4-5-10(7-11)14-3;2*1-2/h3-10,15H,1-2H3;4-7H,8-9H2,1-3H3;2H,1H3;. The van der Waals surface area contributed by atoms with Crippen molar-refractivity contribution in [2.45, 2.75) is 17.1 Å². The minimum atomic E-state index is -0.138. The Kier molecular flexibility index (Phi) is 17.7. The van der Waals surface area contributed by atoms with Gasteiger partial charge in [0.05, 0.1) is 12.8 Å². The number of carbonyl (C=O) groups is 1. The van der Waals surface area contributed by atoms with Crippen molar-refractivity contribution in [2.24, 2.45) is 0 Å². The summed E-state index contributed by atoms with van der Waals surface area (Å²) in [6.07, 6.45) is 0. The van der Waals surface area contributed by atoms with E-state index in [1.54, 1.807) is 30.9 Å².